The van der Waals surface area contributed by atoms with Gasteiger partial charge < -0.3 is 18.9 Å². The molecule has 0 aromatic carbocycles. The van der Waals surface area contributed by atoms with Gasteiger partial charge in [0.15, 0.2) is 6.10 Å². The zero-order valence-corrected chi connectivity index (χ0v) is 11.8. The van der Waals surface area contributed by atoms with E-state index in [1.54, 1.807) is 26.8 Å². The third-order valence-corrected chi connectivity index (χ3v) is 2.31. The van der Waals surface area contributed by atoms with Crippen LogP contribution < -0.4 is 0 Å². The maximum atomic E-state index is 11.6. The van der Waals surface area contributed by atoms with E-state index >= 15 is 0 Å². The van der Waals surface area contributed by atoms with Crippen LogP contribution >= 0.6 is 0 Å². The normalized spacial score (nSPS) is 21.1. The zero-order valence-electron chi connectivity index (χ0n) is 11.8. The Morgan fingerprint density at radius 1 is 1.47 bits per heavy atom. The van der Waals surface area contributed by atoms with Crippen LogP contribution in [-0.2, 0) is 18.9 Å². The summed E-state index contributed by atoms with van der Waals surface area (Å²) >= 11 is 0. The Balaban J connectivity index is 2.56. The Morgan fingerprint density at radius 2 is 2.11 bits per heavy atom. The molecule has 0 aromatic rings. The number of carbonyl (C=O) groups is 1. The average Bonchev–Trinajstić information content (AvgIpc) is 3.09. The number of epoxide rings is 1. The lowest BCUT2D eigenvalue weighted by molar-refractivity contribution is -0.0663. The largest absolute Gasteiger partial charge is 0.509 e. The molecule has 1 heterocycles. The summed E-state index contributed by atoms with van der Waals surface area (Å²) in [5.41, 5.74) is -0.601. The van der Waals surface area contributed by atoms with E-state index in [2.05, 4.69) is 13.2 Å². The fraction of sp³-hybridized carbons (Fsp3) is 0.643. The Labute approximate surface area is 114 Å². The van der Waals surface area contributed by atoms with Crippen molar-refractivity contribution in [3.63, 3.8) is 0 Å². The van der Waals surface area contributed by atoms with E-state index in [4.69, 9.17) is 18.9 Å². The lowest BCUT2D eigenvalue weighted by atomic mass is 10.1. The topological polar surface area (TPSA) is 57.3 Å². The van der Waals surface area contributed by atoms with E-state index in [0.717, 1.165) is 0 Å². The SMILES string of the molecule is C=CCO[C@@H]([C@@H](C=C)OC(=O)OC(C)(C)C)[C@H]1CO1. The van der Waals surface area contributed by atoms with Gasteiger partial charge in [-0.2, -0.15) is 0 Å². The minimum atomic E-state index is -0.745. The molecule has 0 spiro atoms. The summed E-state index contributed by atoms with van der Waals surface area (Å²) in [4.78, 5) is 11.6. The highest BCUT2D eigenvalue weighted by Crippen LogP contribution is 2.23. The van der Waals surface area contributed by atoms with E-state index in [1.165, 1.54) is 6.08 Å². The molecular weight excluding hydrogens is 248 g/mol. The van der Waals surface area contributed by atoms with Crippen LogP contribution in [0.15, 0.2) is 25.3 Å². The molecule has 1 rings (SSSR count). The summed E-state index contributed by atoms with van der Waals surface area (Å²) < 4.78 is 21.1. The molecule has 1 saturated heterocycles. The van der Waals surface area contributed by atoms with E-state index in [9.17, 15) is 4.79 Å². The number of rotatable bonds is 7. The first-order valence-corrected chi connectivity index (χ1v) is 6.23. The fourth-order valence-electron chi connectivity index (χ4n) is 1.47. The molecule has 0 aromatic heterocycles. The Bertz CT molecular complexity index is 327. The van der Waals surface area contributed by atoms with Gasteiger partial charge in [-0.1, -0.05) is 12.7 Å². The molecule has 0 unspecified atom stereocenters. The third-order valence-electron chi connectivity index (χ3n) is 2.31. The maximum Gasteiger partial charge on any atom is 0.509 e. The van der Waals surface area contributed by atoms with Crippen LogP contribution in [-0.4, -0.2) is 43.3 Å². The van der Waals surface area contributed by atoms with Crippen LogP contribution in [0.3, 0.4) is 0 Å². The van der Waals surface area contributed by atoms with Crippen molar-refractivity contribution in [3.8, 4) is 0 Å². The maximum absolute atomic E-state index is 11.6. The fourth-order valence-corrected chi connectivity index (χ4v) is 1.47. The van der Waals surface area contributed by atoms with Crippen LogP contribution in [0.1, 0.15) is 20.8 Å². The summed E-state index contributed by atoms with van der Waals surface area (Å²) in [5.74, 6) is 0. The van der Waals surface area contributed by atoms with Crippen molar-refractivity contribution in [3.05, 3.63) is 25.3 Å². The van der Waals surface area contributed by atoms with Gasteiger partial charge in [0.1, 0.15) is 17.8 Å². The van der Waals surface area contributed by atoms with Crippen molar-refractivity contribution in [2.24, 2.45) is 0 Å². The van der Waals surface area contributed by atoms with Crippen molar-refractivity contribution >= 4 is 6.16 Å². The number of hydrogen-bond acceptors (Lipinski definition) is 5. The highest BCUT2D eigenvalue weighted by molar-refractivity contribution is 5.61. The molecule has 0 bridgehead atoms. The van der Waals surface area contributed by atoms with Crippen molar-refractivity contribution in [2.45, 2.75) is 44.7 Å². The van der Waals surface area contributed by atoms with Crippen molar-refractivity contribution in [2.75, 3.05) is 13.2 Å². The molecule has 19 heavy (non-hydrogen) atoms. The standard InChI is InChI=1S/C14H22O5/c1-6-8-16-12(11-9-17-11)10(7-2)18-13(15)19-14(3,4)5/h6-7,10-12H,1-2,8-9H2,3-5H3/t10-,11-,12+/m1/s1. The highest BCUT2D eigenvalue weighted by atomic mass is 16.7. The first-order chi connectivity index (χ1) is 8.87. The van der Waals surface area contributed by atoms with E-state index in [-0.39, 0.29) is 12.2 Å². The average molecular weight is 270 g/mol. The first-order valence-electron chi connectivity index (χ1n) is 6.23. The van der Waals surface area contributed by atoms with E-state index < -0.39 is 17.9 Å². The molecule has 108 valence electrons. The van der Waals surface area contributed by atoms with Crippen LogP contribution in [0, 0.1) is 0 Å². The lowest BCUT2D eigenvalue weighted by Gasteiger charge is -2.25. The van der Waals surface area contributed by atoms with Crippen LogP contribution in [0.5, 0.6) is 0 Å². The monoisotopic (exact) mass is 270 g/mol. The van der Waals surface area contributed by atoms with Crippen LogP contribution in [0.4, 0.5) is 4.79 Å². The Hall–Kier alpha value is -1.33. The van der Waals surface area contributed by atoms with Gasteiger partial charge in [0, 0.05) is 0 Å². The second kappa shape index (κ2) is 6.73. The van der Waals surface area contributed by atoms with Gasteiger partial charge in [-0.3, -0.25) is 0 Å². The summed E-state index contributed by atoms with van der Waals surface area (Å²) in [6.07, 6.45) is 1.32. The van der Waals surface area contributed by atoms with Gasteiger partial charge in [-0.25, -0.2) is 4.79 Å². The molecule has 1 fully saturated rings. The van der Waals surface area contributed by atoms with Crippen molar-refractivity contribution in [1.82, 2.24) is 0 Å². The molecule has 0 saturated carbocycles. The molecule has 0 aliphatic carbocycles. The lowest BCUT2D eigenvalue weighted by Crippen LogP contribution is -2.38. The van der Waals surface area contributed by atoms with Gasteiger partial charge in [0.05, 0.1) is 13.2 Å². The molecule has 1 aliphatic heterocycles. The van der Waals surface area contributed by atoms with Crippen molar-refractivity contribution in [1.29, 1.82) is 0 Å². The highest BCUT2D eigenvalue weighted by Gasteiger charge is 2.40. The molecular formula is C14H22O5. The Morgan fingerprint density at radius 3 is 2.53 bits per heavy atom. The number of carbonyl (C=O) groups excluding carboxylic acids is 1. The van der Waals surface area contributed by atoms with Crippen LogP contribution in [0.2, 0.25) is 0 Å². The third kappa shape index (κ3) is 5.89. The summed E-state index contributed by atoms with van der Waals surface area (Å²) in [6, 6.07) is 0. The second-order valence-electron chi connectivity index (χ2n) is 5.24. The van der Waals surface area contributed by atoms with Crippen molar-refractivity contribution < 1.29 is 23.7 Å². The summed E-state index contributed by atoms with van der Waals surface area (Å²) in [7, 11) is 0. The van der Waals surface area contributed by atoms with E-state index in [1.807, 2.05) is 0 Å². The number of ether oxygens (including phenoxy) is 4. The summed E-state index contributed by atoms with van der Waals surface area (Å²) in [6.45, 7) is 13.5. The second-order valence-corrected chi connectivity index (χ2v) is 5.24. The Kier molecular flexibility index (Phi) is 5.57. The van der Waals surface area contributed by atoms with Gasteiger partial charge in [-0.05, 0) is 26.8 Å². The smallest absolute Gasteiger partial charge is 0.429 e. The molecule has 0 N–H and O–H groups in total. The zero-order chi connectivity index (χ0) is 14.5. The number of hydrogen-bond donors (Lipinski definition) is 0. The van der Waals surface area contributed by atoms with Crippen LogP contribution in [0.25, 0.3) is 0 Å². The predicted molar refractivity (Wildman–Crippen MR) is 71.0 cm³/mol. The van der Waals surface area contributed by atoms with E-state index in [0.29, 0.717) is 13.2 Å². The van der Waals surface area contributed by atoms with Gasteiger partial charge in [0.2, 0.25) is 0 Å². The predicted octanol–water partition coefficient (Wildman–Crippen LogP) is 2.46. The van der Waals surface area contributed by atoms with Gasteiger partial charge >= 0.3 is 6.16 Å². The molecule has 0 radical (unpaired) electrons. The summed E-state index contributed by atoms with van der Waals surface area (Å²) in [5, 5.41) is 0. The van der Waals surface area contributed by atoms with Gasteiger partial charge in [-0.15, -0.1) is 6.58 Å². The molecule has 0 amide bonds. The minimum absolute atomic E-state index is 0.0783. The molecule has 3 atom stereocenters. The minimum Gasteiger partial charge on any atom is -0.429 e. The quantitative estimate of drug-likeness (QED) is 0.404. The molecule has 5 nitrogen and oxygen atoms in total. The molecule has 5 heteroatoms. The first kappa shape index (κ1) is 15.7. The van der Waals surface area contributed by atoms with Gasteiger partial charge in [0.25, 0.3) is 0 Å². The molecule has 1 aliphatic rings.